The molecule has 5 N–H and O–H groups in total. The number of hydrogen-bond donors (Lipinski definition) is 5. The molecule has 1 saturated heterocycles. The summed E-state index contributed by atoms with van der Waals surface area (Å²) in [6, 6.07) is 0. The lowest BCUT2D eigenvalue weighted by Crippen LogP contribution is -2.64. The first-order chi connectivity index (χ1) is 11.8. The van der Waals surface area contributed by atoms with Crippen LogP contribution >= 0.6 is 0 Å². The van der Waals surface area contributed by atoms with E-state index in [0.29, 0.717) is 19.3 Å². The Morgan fingerprint density at radius 1 is 0.923 bits per heavy atom. The first-order valence-electron chi connectivity index (χ1n) is 10.0. The van der Waals surface area contributed by atoms with Crippen molar-refractivity contribution in [2.24, 2.45) is 28.6 Å². The van der Waals surface area contributed by atoms with Crippen LogP contribution in [-0.2, 0) is 4.74 Å². The van der Waals surface area contributed by atoms with E-state index < -0.39 is 45.8 Å². The summed E-state index contributed by atoms with van der Waals surface area (Å²) < 4.78 is 5.81. The zero-order valence-corrected chi connectivity index (χ0v) is 16.0. The van der Waals surface area contributed by atoms with E-state index in [1.165, 1.54) is 0 Å². The molecule has 148 valence electrons. The smallest absolute Gasteiger partial charge is 0.110 e. The van der Waals surface area contributed by atoms with Gasteiger partial charge in [-0.25, -0.2) is 0 Å². The van der Waals surface area contributed by atoms with Gasteiger partial charge in [-0.2, -0.15) is 0 Å². The molecule has 0 amide bonds. The molecule has 5 rings (SSSR count). The minimum atomic E-state index is -1.64. The van der Waals surface area contributed by atoms with Crippen LogP contribution in [0.1, 0.15) is 53.4 Å². The molecular formula is C20H32O6. The Kier molecular flexibility index (Phi) is 3.08. The second-order valence-corrected chi connectivity index (χ2v) is 11.0. The van der Waals surface area contributed by atoms with Crippen LogP contribution in [0.2, 0.25) is 0 Å². The second kappa shape index (κ2) is 4.50. The van der Waals surface area contributed by atoms with Crippen molar-refractivity contribution in [2.75, 3.05) is 0 Å². The molecule has 4 saturated carbocycles. The molecule has 0 aromatic heterocycles. The molecule has 26 heavy (non-hydrogen) atoms. The monoisotopic (exact) mass is 368 g/mol. The lowest BCUT2D eigenvalue weighted by atomic mass is 9.58. The molecule has 0 unspecified atom stereocenters. The van der Waals surface area contributed by atoms with Crippen LogP contribution in [0.3, 0.4) is 0 Å². The molecule has 11 atom stereocenters. The fourth-order valence-corrected chi connectivity index (χ4v) is 8.15. The Balaban J connectivity index is 1.71. The molecule has 0 aromatic carbocycles. The van der Waals surface area contributed by atoms with Gasteiger partial charge in [-0.1, -0.05) is 13.8 Å². The zero-order valence-electron chi connectivity index (χ0n) is 16.0. The van der Waals surface area contributed by atoms with Gasteiger partial charge in [0.15, 0.2) is 0 Å². The summed E-state index contributed by atoms with van der Waals surface area (Å²) in [7, 11) is 0. The third kappa shape index (κ3) is 1.64. The van der Waals surface area contributed by atoms with Gasteiger partial charge >= 0.3 is 0 Å². The molecule has 5 fully saturated rings. The highest BCUT2D eigenvalue weighted by Crippen LogP contribution is 2.72. The highest BCUT2D eigenvalue weighted by atomic mass is 16.6. The van der Waals surface area contributed by atoms with Crippen LogP contribution in [0, 0.1) is 28.6 Å². The Morgan fingerprint density at radius 2 is 1.58 bits per heavy atom. The maximum atomic E-state index is 11.8. The number of hydrogen-bond acceptors (Lipinski definition) is 6. The van der Waals surface area contributed by atoms with Crippen molar-refractivity contribution in [1.29, 1.82) is 0 Å². The Hall–Kier alpha value is -0.240. The zero-order chi connectivity index (χ0) is 19.1. The number of rotatable bonds is 0. The molecule has 1 heterocycles. The van der Waals surface area contributed by atoms with Crippen LogP contribution in [0.4, 0.5) is 0 Å². The third-order valence-corrected chi connectivity index (χ3v) is 9.44. The Labute approximate surface area is 154 Å². The van der Waals surface area contributed by atoms with Crippen molar-refractivity contribution in [3.8, 4) is 0 Å². The number of epoxide rings is 1. The molecular weight excluding hydrogens is 336 g/mol. The first-order valence-corrected chi connectivity index (χ1v) is 10.0. The van der Waals surface area contributed by atoms with Crippen molar-refractivity contribution in [2.45, 2.75) is 94.6 Å². The van der Waals surface area contributed by atoms with Gasteiger partial charge in [0, 0.05) is 16.7 Å². The van der Waals surface area contributed by atoms with Crippen molar-refractivity contribution < 1.29 is 30.3 Å². The fourth-order valence-electron chi connectivity index (χ4n) is 8.15. The molecule has 5 aliphatic rings. The number of fused-ring (bicyclic) bond motifs is 4. The highest BCUT2D eigenvalue weighted by Gasteiger charge is 2.83. The summed E-state index contributed by atoms with van der Waals surface area (Å²) in [5, 5.41) is 57.1. The van der Waals surface area contributed by atoms with Gasteiger partial charge in [-0.3, -0.25) is 0 Å². The molecule has 0 radical (unpaired) electrons. The average molecular weight is 368 g/mol. The standard InChI is InChI=1S/C20H32O6/c1-16(2)15-11(26-15)12-18(4,24)10-6-5-9-7-19(10,8-17(9,3)23)13(21)14(22)20(12,16)25/h9-15,21-25H,5-8H2,1-4H3/t9-,10-,11+,12-,13-,14-,15+,17-,18-,19-,20+/m1/s1. The van der Waals surface area contributed by atoms with Crippen molar-refractivity contribution in [3.63, 3.8) is 0 Å². The first kappa shape index (κ1) is 17.8. The summed E-state index contributed by atoms with van der Waals surface area (Å²) in [6.07, 6.45) is -0.752. The highest BCUT2D eigenvalue weighted by molar-refractivity contribution is 5.32. The van der Waals surface area contributed by atoms with E-state index in [4.69, 9.17) is 4.74 Å². The average Bonchev–Trinajstić information content (AvgIpc) is 3.24. The van der Waals surface area contributed by atoms with Gasteiger partial charge in [0.1, 0.15) is 11.7 Å². The van der Waals surface area contributed by atoms with Crippen molar-refractivity contribution in [3.05, 3.63) is 0 Å². The van der Waals surface area contributed by atoms with E-state index in [9.17, 15) is 25.5 Å². The van der Waals surface area contributed by atoms with Gasteiger partial charge in [-0.15, -0.1) is 0 Å². The molecule has 0 aromatic rings. The van der Waals surface area contributed by atoms with Gasteiger partial charge in [0.05, 0.1) is 29.5 Å². The predicted molar refractivity (Wildman–Crippen MR) is 92.0 cm³/mol. The Morgan fingerprint density at radius 3 is 2.23 bits per heavy atom. The summed E-state index contributed by atoms with van der Waals surface area (Å²) in [5.74, 6) is -0.921. The van der Waals surface area contributed by atoms with Crippen LogP contribution < -0.4 is 0 Å². The molecule has 4 aliphatic carbocycles. The molecule has 6 nitrogen and oxygen atoms in total. The van der Waals surface area contributed by atoms with Gasteiger partial charge in [0.2, 0.25) is 0 Å². The maximum absolute atomic E-state index is 11.8. The topological polar surface area (TPSA) is 114 Å². The maximum Gasteiger partial charge on any atom is 0.110 e. The van der Waals surface area contributed by atoms with Crippen LogP contribution in [0.25, 0.3) is 0 Å². The lowest BCUT2D eigenvalue weighted by molar-refractivity contribution is -0.232. The van der Waals surface area contributed by atoms with Gasteiger partial charge < -0.3 is 30.3 Å². The van der Waals surface area contributed by atoms with E-state index in [2.05, 4.69) is 0 Å². The van der Waals surface area contributed by atoms with E-state index >= 15 is 0 Å². The van der Waals surface area contributed by atoms with E-state index in [1.54, 1.807) is 13.8 Å². The number of ether oxygens (including phenoxy) is 1. The Bertz CT molecular complexity index is 659. The minimum Gasteiger partial charge on any atom is -0.390 e. The summed E-state index contributed by atoms with van der Waals surface area (Å²) >= 11 is 0. The molecule has 2 bridgehead atoms. The van der Waals surface area contributed by atoms with Crippen LogP contribution in [0.5, 0.6) is 0 Å². The fraction of sp³-hybridized carbons (Fsp3) is 1.00. The van der Waals surface area contributed by atoms with Gasteiger partial charge in [0.25, 0.3) is 0 Å². The van der Waals surface area contributed by atoms with E-state index in [0.717, 1.165) is 6.42 Å². The predicted octanol–water partition coefficient (Wildman–Crippen LogP) is 0.185. The summed E-state index contributed by atoms with van der Waals surface area (Å²) in [4.78, 5) is 0. The summed E-state index contributed by atoms with van der Waals surface area (Å²) in [5.41, 5.74) is -5.44. The minimum absolute atomic E-state index is 0.0434. The normalized spacial score (nSPS) is 68.0. The van der Waals surface area contributed by atoms with Crippen molar-refractivity contribution in [1.82, 2.24) is 0 Å². The van der Waals surface area contributed by atoms with E-state index in [-0.39, 0.29) is 24.0 Å². The SMILES string of the molecule is CC1(C)[C@H]2O[C@H]2[C@@H]2[C@](C)(O)[C@H]3CC[C@@H]4C[C@]3(C[C@@]4(C)O)[C@H](O)[C@@H](O)[C@@]21O. The molecule has 1 spiro atoms. The quantitative estimate of drug-likeness (QED) is 0.390. The summed E-state index contributed by atoms with van der Waals surface area (Å²) in [6.45, 7) is 7.24. The lowest BCUT2D eigenvalue weighted by Gasteiger charge is -2.50. The van der Waals surface area contributed by atoms with Crippen LogP contribution in [-0.4, -0.2) is 66.8 Å². The largest absolute Gasteiger partial charge is 0.390 e. The van der Waals surface area contributed by atoms with Gasteiger partial charge in [-0.05, 0) is 51.4 Å². The molecule has 6 heteroatoms. The number of aliphatic hydroxyl groups excluding tert-OH is 2. The second-order valence-electron chi connectivity index (χ2n) is 11.0. The van der Waals surface area contributed by atoms with E-state index in [1.807, 2.05) is 13.8 Å². The van der Waals surface area contributed by atoms with Crippen molar-refractivity contribution >= 4 is 0 Å². The third-order valence-electron chi connectivity index (χ3n) is 9.44. The molecule has 1 aliphatic heterocycles. The van der Waals surface area contributed by atoms with Crippen LogP contribution in [0.15, 0.2) is 0 Å². The number of aliphatic hydroxyl groups is 5.